The molecule has 0 heterocycles. The van der Waals surface area contributed by atoms with Gasteiger partial charge in [-0.3, -0.25) is 0 Å². The first kappa shape index (κ1) is 22.1. The number of hydrogen-bond donors (Lipinski definition) is 0. The van der Waals surface area contributed by atoms with E-state index in [9.17, 15) is 0 Å². The fraction of sp³-hybridized carbons (Fsp3) is 0.135. The summed E-state index contributed by atoms with van der Waals surface area (Å²) in [6.45, 7) is 9.24. The molecule has 0 N–H and O–H groups in total. The lowest BCUT2D eigenvalue weighted by Crippen LogP contribution is -2.14. The lowest BCUT2D eigenvalue weighted by molar-refractivity contribution is 0.660. The summed E-state index contributed by atoms with van der Waals surface area (Å²) >= 11 is 0. The first-order valence-corrected chi connectivity index (χ1v) is 13.2. The molecule has 0 radical (unpaired) electrons. The van der Waals surface area contributed by atoms with Crippen molar-refractivity contribution in [1.29, 1.82) is 0 Å². The third kappa shape index (κ3) is 3.09. The monoisotopic (exact) mass is 474 g/mol. The first-order chi connectivity index (χ1) is 18.0. The molecule has 1 aliphatic rings. The van der Waals surface area contributed by atoms with E-state index in [1.165, 1.54) is 77.2 Å². The SMILES string of the molecule is Cc1cccc2c(-c3ccc4c(c3)C(C)(C)c3ccccc3-4)c3cccc(C)c3c(-c3ccccc3)c12. The molecule has 6 aromatic rings. The summed E-state index contributed by atoms with van der Waals surface area (Å²) in [5.74, 6) is 0. The highest BCUT2D eigenvalue weighted by Gasteiger charge is 2.35. The van der Waals surface area contributed by atoms with Gasteiger partial charge >= 0.3 is 0 Å². The van der Waals surface area contributed by atoms with Gasteiger partial charge < -0.3 is 0 Å². The predicted molar refractivity (Wildman–Crippen MR) is 159 cm³/mol. The van der Waals surface area contributed by atoms with E-state index >= 15 is 0 Å². The summed E-state index contributed by atoms with van der Waals surface area (Å²) < 4.78 is 0. The minimum absolute atomic E-state index is 0.0244. The molecule has 0 spiro atoms. The van der Waals surface area contributed by atoms with Crippen LogP contribution in [-0.4, -0.2) is 0 Å². The van der Waals surface area contributed by atoms with E-state index in [2.05, 4.69) is 137 Å². The summed E-state index contributed by atoms with van der Waals surface area (Å²) in [6, 6.07) is 40.5. The predicted octanol–water partition coefficient (Wildman–Crippen LogP) is 10.3. The average molecular weight is 475 g/mol. The van der Waals surface area contributed by atoms with Crippen LogP contribution in [-0.2, 0) is 5.41 Å². The van der Waals surface area contributed by atoms with Crippen LogP contribution in [0.1, 0.15) is 36.1 Å². The Morgan fingerprint density at radius 2 is 1.05 bits per heavy atom. The van der Waals surface area contributed by atoms with E-state index in [0.717, 1.165) is 0 Å². The van der Waals surface area contributed by atoms with Crippen molar-refractivity contribution in [1.82, 2.24) is 0 Å². The van der Waals surface area contributed by atoms with Crippen molar-refractivity contribution in [2.24, 2.45) is 0 Å². The van der Waals surface area contributed by atoms with Gasteiger partial charge in [-0.2, -0.15) is 0 Å². The number of rotatable bonds is 2. The van der Waals surface area contributed by atoms with E-state index in [-0.39, 0.29) is 5.41 Å². The van der Waals surface area contributed by atoms with Gasteiger partial charge in [-0.05, 0) is 97.1 Å². The highest BCUT2D eigenvalue weighted by molar-refractivity contribution is 6.23. The third-order valence-corrected chi connectivity index (χ3v) is 8.52. The van der Waals surface area contributed by atoms with Crippen LogP contribution in [0.15, 0.2) is 109 Å². The molecule has 0 amide bonds. The summed E-state index contributed by atoms with van der Waals surface area (Å²) in [7, 11) is 0. The van der Waals surface area contributed by atoms with Gasteiger partial charge in [0.2, 0.25) is 0 Å². The molecule has 0 nitrogen and oxygen atoms in total. The zero-order chi connectivity index (χ0) is 25.3. The molecule has 7 rings (SSSR count). The van der Waals surface area contributed by atoms with Crippen LogP contribution in [0.25, 0.3) is 54.9 Å². The fourth-order valence-corrected chi connectivity index (χ4v) is 6.75. The molecule has 0 fully saturated rings. The molecular weight excluding hydrogens is 444 g/mol. The zero-order valence-corrected chi connectivity index (χ0v) is 21.9. The molecule has 0 heteroatoms. The molecule has 0 saturated carbocycles. The van der Waals surface area contributed by atoms with Gasteiger partial charge in [-0.1, -0.05) is 117 Å². The quantitative estimate of drug-likeness (QED) is 0.219. The number of hydrogen-bond acceptors (Lipinski definition) is 0. The average Bonchev–Trinajstić information content (AvgIpc) is 3.15. The lowest BCUT2D eigenvalue weighted by atomic mass is 9.80. The molecule has 0 aromatic heterocycles. The van der Waals surface area contributed by atoms with Gasteiger partial charge in [0.05, 0.1) is 0 Å². The topological polar surface area (TPSA) is 0 Å². The molecule has 178 valence electrons. The van der Waals surface area contributed by atoms with Crippen LogP contribution in [0, 0.1) is 13.8 Å². The third-order valence-electron chi connectivity index (χ3n) is 8.52. The van der Waals surface area contributed by atoms with Gasteiger partial charge in [0.1, 0.15) is 0 Å². The summed E-state index contributed by atoms with van der Waals surface area (Å²) in [4.78, 5) is 0. The Morgan fingerprint density at radius 1 is 0.459 bits per heavy atom. The molecule has 37 heavy (non-hydrogen) atoms. The maximum Gasteiger partial charge on any atom is 0.0159 e. The Hall–Kier alpha value is -4.16. The second-order valence-electron chi connectivity index (χ2n) is 11.0. The van der Waals surface area contributed by atoms with Crippen LogP contribution >= 0.6 is 0 Å². The highest BCUT2D eigenvalue weighted by Crippen LogP contribution is 2.51. The molecule has 0 unspecified atom stereocenters. The molecule has 0 atom stereocenters. The molecule has 0 saturated heterocycles. The van der Waals surface area contributed by atoms with Gasteiger partial charge in [-0.25, -0.2) is 0 Å². The summed E-state index contributed by atoms with van der Waals surface area (Å²) in [5, 5.41) is 5.36. The van der Waals surface area contributed by atoms with E-state index in [0.29, 0.717) is 0 Å². The maximum absolute atomic E-state index is 2.47. The Bertz CT molecular complexity index is 1790. The van der Waals surface area contributed by atoms with Gasteiger partial charge in [0, 0.05) is 5.41 Å². The van der Waals surface area contributed by atoms with Crippen molar-refractivity contribution < 1.29 is 0 Å². The Balaban J connectivity index is 1.62. The van der Waals surface area contributed by atoms with Crippen molar-refractivity contribution >= 4 is 21.5 Å². The van der Waals surface area contributed by atoms with E-state index < -0.39 is 0 Å². The van der Waals surface area contributed by atoms with Crippen molar-refractivity contribution in [2.75, 3.05) is 0 Å². The smallest absolute Gasteiger partial charge is 0.0159 e. The van der Waals surface area contributed by atoms with Crippen LogP contribution in [0.3, 0.4) is 0 Å². The summed E-state index contributed by atoms with van der Waals surface area (Å²) in [5.41, 5.74) is 13.4. The zero-order valence-electron chi connectivity index (χ0n) is 21.9. The van der Waals surface area contributed by atoms with Crippen LogP contribution in [0.4, 0.5) is 0 Å². The van der Waals surface area contributed by atoms with E-state index in [1.807, 2.05) is 0 Å². The number of benzene rings is 6. The maximum atomic E-state index is 2.47. The molecule has 0 aliphatic heterocycles. The summed E-state index contributed by atoms with van der Waals surface area (Å²) in [6.07, 6.45) is 0. The van der Waals surface area contributed by atoms with Crippen LogP contribution in [0.5, 0.6) is 0 Å². The Morgan fingerprint density at radius 3 is 1.73 bits per heavy atom. The van der Waals surface area contributed by atoms with Gasteiger partial charge in [0.25, 0.3) is 0 Å². The minimum Gasteiger partial charge on any atom is -0.0622 e. The van der Waals surface area contributed by atoms with Crippen LogP contribution in [0.2, 0.25) is 0 Å². The van der Waals surface area contributed by atoms with Gasteiger partial charge in [0.15, 0.2) is 0 Å². The standard InChI is InChI=1S/C37H30/c1-23-12-10-17-29-33(23)36(25-14-6-5-7-15-25)34-24(2)13-11-18-30(34)35(29)26-20-21-28-27-16-8-9-19-31(27)37(3,4)32(28)22-26/h5-22H,1-4H3. The lowest BCUT2D eigenvalue weighted by Gasteiger charge is -2.23. The molecule has 0 bridgehead atoms. The van der Waals surface area contributed by atoms with Crippen molar-refractivity contribution in [3.63, 3.8) is 0 Å². The first-order valence-electron chi connectivity index (χ1n) is 13.2. The molecule has 1 aliphatic carbocycles. The molecular formula is C37H30. The van der Waals surface area contributed by atoms with Crippen molar-refractivity contribution in [2.45, 2.75) is 33.1 Å². The number of aryl methyl sites for hydroxylation is 2. The van der Waals surface area contributed by atoms with E-state index in [1.54, 1.807) is 0 Å². The molecule has 6 aromatic carbocycles. The minimum atomic E-state index is -0.0244. The van der Waals surface area contributed by atoms with Crippen molar-refractivity contribution in [3.05, 3.63) is 131 Å². The Kier molecular flexibility index (Phi) is 4.72. The Labute approximate surface area is 219 Å². The second kappa shape index (κ2) is 7.92. The van der Waals surface area contributed by atoms with E-state index in [4.69, 9.17) is 0 Å². The fourth-order valence-electron chi connectivity index (χ4n) is 6.75. The van der Waals surface area contributed by atoms with Gasteiger partial charge in [-0.15, -0.1) is 0 Å². The largest absolute Gasteiger partial charge is 0.0622 e. The second-order valence-corrected chi connectivity index (χ2v) is 11.0. The van der Waals surface area contributed by atoms with Crippen LogP contribution < -0.4 is 0 Å². The number of fused-ring (bicyclic) bond motifs is 5. The normalized spacial score (nSPS) is 13.6. The highest BCUT2D eigenvalue weighted by atomic mass is 14.4. The van der Waals surface area contributed by atoms with Crippen molar-refractivity contribution in [3.8, 4) is 33.4 Å².